The fraction of sp³-hybridized carbons (Fsp3) is 0.462. The summed E-state index contributed by atoms with van der Waals surface area (Å²) in [6.45, 7) is 8.00. The van der Waals surface area contributed by atoms with Gasteiger partial charge in [-0.25, -0.2) is 0 Å². The molecule has 0 aromatic heterocycles. The molecule has 1 heteroatoms. The largest absolute Gasteiger partial charge is 0.269 e. The van der Waals surface area contributed by atoms with Crippen molar-refractivity contribution in [2.75, 3.05) is 0 Å². The Labute approximate surface area is 89.0 Å². The average Bonchev–Trinajstić information content (AvgIpc) is 3.01. The lowest BCUT2D eigenvalue weighted by atomic mass is 10.5. The van der Waals surface area contributed by atoms with Crippen LogP contribution in [-0.2, 0) is 0 Å². The van der Waals surface area contributed by atoms with Crippen molar-refractivity contribution >= 4 is 6.21 Å². The molecule has 0 amide bonds. The highest BCUT2D eigenvalue weighted by Gasteiger charge is 1.73. The smallest absolute Gasteiger partial charge is 0.0227 e. The van der Waals surface area contributed by atoms with Crippen LogP contribution in [0.25, 0.3) is 0 Å². The van der Waals surface area contributed by atoms with Crippen molar-refractivity contribution in [1.29, 1.82) is 0 Å². The number of nitrogens with zero attached hydrogens (tertiary/aromatic N) is 1. The third-order valence-electron chi connectivity index (χ3n) is 1.19. The predicted molar refractivity (Wildman–Crippen MR) is 67.8 cm³/mol. The molecule has 0 saturated heterocycles. The van der Waals surface area contributed by atoms with Crippen molar-refractivity contribution in [2.24, 2.45) is 4.99 Å². The molecule has 0 bridgehead atoms. The van der Waals surface area contributed by atoms with Gasteiger partial charge in [-0.3, -0.25) is 4.99 Å². The molecular formula is C13H23N. The summed E-state index contributed by atoms with van der Waals surface area (Å²) in [6, 6.07) is 0. The van der Waals surface area contributed by atoms with Crippen LogP contribution in [0.5, 0.6) is 0 Å². The van der Waals surface area contributed by atoms with E-state index in [4.69, 9.17) is 0 Å². The third kappa shape index (κ3) is 13.5. The minimum atomic E-state index is 1.03. The standard InChI is InChI=1S/C5H6.C4H5N.2C2H6/c2*1-2-4-5-3-1;2*1-2/h1-4H,5H2;1,3-4H,2H2;2*1-2H3. The lowest BCUT2D eigenvalue weighted by molar-refractivity contribution is 1.45. The van der Waals surface area contributed by atoms with Crippen LogP contribution in [-0.4, -0.2) is 6.21 Å². The highest BCUT2D eigenvalue weighted by Crippen LogP contribution is 1.93. The van der Waals surface area contributed by atoms with Gasteiger partial charge in [0.1, 0.15) is 0 Å². The van der Waals surface area contributed by atoms with Gasteiger partial charge in [0.15, 0.2) is 0 Å². The number of hydrogen-bond donors (Lipinski definition) is 0. The van der Waals surface area contributed by atoms with Crippen LogP contribution in [0.1, 0.15) is 40.5 Å². The molecule has 80 valence electrons. The van der Waals surface area contributed by atoms with Crippen molar-refractivity contribution in [2.45, 2.75) is 40.5 Å². The van der Waals surface area contributed by atoms with E-state index in [9.17, 15) is 0 Å². The fourth-order valence-corrected chi connectivity index (χ4v) is 0.697. The highest BCUT2D eigenvalue weighted by molar-refractivity contribution is 5.62. The van der Waals surface area contributed by atoms with Gasteiger partial charge < -0.3 is 0 Å². The van der Waals surface area contributed by atoms with E-state index in [-0.39, 0.29) is 0 Å². The Bertz CT molecular complexity index is 143. The zero-order valence-electron chi connectivity index (χ0n) is 9.90. The van der Waals surface area contributed by atoms with Crippen LogP contribution in [0.3, 0.4) is 0 Å². The van der Waals surface area contributed by atoms with Gasteiger partial charge in [-0.2, -0.15) is 0 Å². The first kappa shape index (κ1) is 15.4. The maximum atomic E-state index is 3.78. The Morgan fingerprint density at radius 2 is 1.36 bits per heavy atom. The predicted octanol–water partition coefficient (Wildman–Crippen LogP) is 4.53. The topological polar surface area (TPSA) is 12.4 Å². The van der Waals surface area contributed by atoms with E-state index in [2.05, 4.69) is 29.3 Å². The Balaban J connectivity index is 0. The summed E-state index contributed by atoms with van der Waals surface area (Å²) >= 11 is 0. The summed E-state index contributed by atoms with van der Waals surface area (Å²) in [4.78, 5) is 3.78. The number of rotatable bonds is 0. The fourth-order valence-electron chi connectivity index (χ4n) is 0.697. The van der Waals surface area contributed by atoms with Crippen LogP contribution in [0.4, 0.5) is 0 Å². The normalized spacial score (nSPS) is 13.4. The Hall–Kier alpha value is -1.11. The second-order valence-corrected chi connectivity index (χ2v) is 2.04. The Morgan fingerprint density at radius 3 is 1.50 bits per heavy atom. The molecule has 0 saturated carbocycles. The van der Waals surface area contributed by atoms with E-state index in [0.29, 0.717) is 0 Å². The van der Waals surface area contributed by atoms with Gasteiger partial charge in [-0.05, 0) is 6.42 Å². The third-order valence-corrected chi connectivity index (χ3v) is 1.19. The molecule has 0 spiro atoms. The number of hydrogen-bond acceptors (Lipinski definition) is 1. The van der Waals surface area contributed by atoms with Gasteiger partial charge >= 0.3 is 0 Å². The van der Waals surface area contributed by atoms with Crippen molar-refractivity contribution in [3.8, 4) is 0 Å². The lowest BCUT2D eigenvalue weighted by Gasteiger charge is -1.57. The molecule has 0 unspecified atom stereocenters. The molecule has 14 heavy (non-hydrogen) atoms. The summed E-state index contributed by atoms with van der Waals surface area (Å²) < 4.78 is 0. The van der Waals surface area contributed by atoms with Crippen LogP contribution in [0.15, 0.2) is 41.6 Å². The first-order chi connectivity index (χ1) is 7.00. The molecule has 1 nitrogen and oxygen atoms in total. The monoisotopic (exact) mass is 193 g/mol. The maximum absolute atomic E-state index is 3.78. The number of aliphatic imine (C=N–C) groups is 1. The van der Waals surface area contributed by atoms with Crippen molar-refractivity contribution < 1.29 is 0 Å². The van der Waals surface area contributed by atoms with Gasteiger partial charge in [0.25, 0.3) is 0 Å². The molecule has 1 heterocycles. The second kappa shape index (κ2) is 17.8. The molecule has 2 rings (SSSR count). The molecule has 2 aliphatic rings. The van der Waals surface area contributed by atoms with E-state index in [1.54, 1.807) is 6.20 Å². The van der Waals surface area contributed by atoms with E-state index < -0.39 is 0 Å². The zero-order chi connectivity index (χ0) is 11.1. The van der Waals surface area contributed by atoms with E-state index >= 15 is 0 Å². The van der Waals surface area contributed by atoms with Gasteiger partial charge in [0, 0.05) is 18.8 Å². The molecule has 0 aromatic carbocycles. The van der Waals surface area contributed by atoms with Gasteiger partial charge in [0.05, 0.1) is 0 Å². The molecule has 0 atom stereocenters. The Morgan fingerprint density at radius 1 is 0.786 bits per heavy atom. The summed E-state index contributed by atoms with van der Waals surface area (Å²) in [6.07, 6.45) is 16.2. The molecule has 1 aliphatic carbocycles. The zero-order valence-corrected chi connectivity index (χ0v) is 9.90. The van der Waals surface area contributed by atoms with Gasteiger partial charge in [0.2, 0.25) is 0 Å². The summed E-state index contributed by atoms with van der Waals surface area (Å²) in [5.41, 5.74) is 0. The van der Waals surface area contributed by atoms with E-state index in [1.165, 1.54) is 0 Å². The molecule has 0 fully saturated rings. The lowest BCUT2D eigenvalue weighted by Crippen LogP contribution is -1.51. The van der Waals surface area contributed by atoms with Crippen LogP contribution >= 0.6 is 0 Å². The minimum absolute atomic E-state index is 1.03. The first-order valence-corrected chi connectivity index (χ1v) is 5.48. The van der Waals surface area contributed by atoms with Crippen molar-refractivity contribution in [3.05, 3.63) is 36.6 Å². The minimum Gasteiger partial charge on any atom is -0.269 e. The molecular weight excluding hydrogens is 170 g/mol. The molecule has 1 aliphatic heterocycles. The molecule has 0 N–H and O–H groups in total. The van der Waals surface area contributed by atoms with Crippen LogP contribution < -0.4 is 0 Å². The quantitative estimate of drug-likeness (QED) is 0.536. The SMILES string of the molecule is C1=CCC=C1.C1=CN=CC1.CC.CC. The van der Waals surface area contributed by atoms with Gasteiger partial charge in [-0.1, -0.05) is 58.1 Å². The van der Waals surface area contributed by atoms with E-state index in [0.717, 1.165) is 12.8 Å². The van der Waals surface area contributed by atoms with Crippen molar-refractivity contribution in [1.82, 2.24) is 0 Å². The summed E-state index contributed by atoms with van der Waals surface area (Å²) in [7, 11) is 0. The van der Waals surface area contributed by atoms with Gasteiger partial charge in [-0.15, -0.1) is 0 Å². The highest BCUT2D eigenvalue weighted by atomic mass is 14.7. The first-order valence-electron chi connectivity index (χ1n) is 5.48. The van der Waals surface area contributed by atoms with Crippen LogP contribution in [0.2, 0.25) is 0 Å². The van der Waals surface area contributed by atoms with Crippen molar-refractivity contribution in [3.63, 3.8) is 0 Å². The Kier molecular flexibility index (Phi) is 19.6. The molecule has 0 radical (unpaired) electrons. The van der Waals surface area contributed by atoms with Crippen LogP contribution in [0, 0.1) is 0 Å². The van der Waals surface area contributed by atoms with E-state index in [1.807, 2.05) is 40.0 Å². The molecule has 0 aromatic rings. The average molecular weight is 193 g/mol. The maximum Gasteiger partial charge on any atom is 0.0227 e. The number of allylic oxidation sites excluding steroid dienone is 5. The summed E-state index contributed by atoms with van der Waals surface area (Å²) in [5.74, 6) is 0. The second-order valence-electron chi connectivity index (χ2n) is 2.04. The summed E-state index contributed by atoms with van der Waals surface area (Å²) in [5, 5.41) is 0.